The number of nitrogens with one attached hydrogen (secondary N) is 3. The van der Waals surface area contributed by atoms with E-state index in [4.69, 9.17) is 0 Å². The Bertz CT molecular complexity index is 403. The Morgan fingerprint density at radius 3 is 2.29 bits per heavy atom. The number of rotatable bonds is 5. The molecule has 4 N–H and O–H groups in total. The lowest BCUT2D eigenvalue weighted by molar-refractivity contribution is -0.146. The molecule has 0 bridgehead atoms. The minimum absolute atomic E-state index is 0.329. The van der Waals surface area contributed by atoms with E-state index in [1.807, 2.05) is 0 Å². The van der Waals surface area contributed by atoms with E-state index in [2.05, 4.69) is 22.9 Å². The van der Waals surface area contributed by atoms with E-state index in [0.29, 0.717) is 18.8 Å². The van der Waals surface area contributed by atoms with Crippen LogP contribution in [0, 0.1) is 5.92 Å². The van der Waals surface area contributed by atoms with Crippen LogP contribution in [0.25, 0.3) is 0 Å². The van der Waals surface area contributed by atoms with E-state index in [0.717, 1.165) is 19.3 Å². The van der Waals surface area contributed by atoms with Crippen molar-refractivity contribution in [2.45, 2.75) is 57.5 Å². The van der Waals surface area contributed by atoms with E-state index in [1.54, 1.807) is 6.92 Å². The van der Waals surface area contributed by atoms with Crippen molar-refractivity contribution in [3.63, 3.8) is 0 Å². The minimum atomic E-state index is -1.22. The van der Waals surface area contributed by atoms with Crippen LogP contribution < -0.4 is 16.0 Å². The first-order valence-corrected chi connectivity index (χ1v) is 7.38. The topological polar surface area (TPSA) is 108 Å². The Labute approximate surface area is 124 Å². The summed E-state index contributed by atoms with van der Waals surface area (Å²) in [6.07, 6.45) is 3.43. The molecular formula is C14H25N3O4. The van der Waals surface area contributed by atoms with Crippen LogP contribution in [0.5, 0.6) is 0 Å². The van der Waals surface area contributed by atoms with E-state index >= 15 is 0 Å². The number of amides is 3. The lowest BCUT2D eigenvalue weighted by Gasteiger charge is -2.37. The zero-order valence-electron chi connectivity index (χ0n) is 12.9. The first-order chi connectivity index (χ1) is 9.84. The second kappa shape index (κ2) is 7.28. The third-order valence-electron chi connectivity index (χ3n) is 4.29. The van der Waals surface area contributed by atoms with E-state index in [9.17, 15) is 19.5 Å². The van der Waals surface area contributed by atoms with Gasteiger partial charge in [-0.2, -0.15) is 0 Å². The Balaban J connectivity index is 2.65. The van der Waals surface area contributed by atoms with Gasteiger partial charge in [-0.15, -0.1) is 0 Å². The number of carbonyl (C=O) groups is 3. The van der Waals surface area contributed by atoms with Crippen molar-refractivity contribution in [1.29, 1.82) is 0 Å². The molecule has 0 radical (unpaired) electrons. The molecule has 0 aromatic carbocycles. The first kappa shape index (κ1) is 17.3. The Morgan fingerprint density at radius 1 is 1.29 bits per heavy atom. The van der Waals surface area contributed by atoms with E-state index in [1.165, 1.54) is 7.05 Å². The molecular weight excluding hydrogens is 274 g/mol. The van der Waals surface area contributed by atoms with Crippen molar-refractivity contribution in [2.24, 2.45) is 5.92 Å². The van der Waals surface area contributed by atoms with Crippen LogP contribution >= 0.6 is 0 Å². The minimum Gasteiger partial charge on any atom is -0.480 e. The Kier molecular flexibility index (Phi) is 5.99. The average Bonchev–Trinajstić information content (AvgIpc) is 2.46. The molecule has 1 saturated carbocycles. The lowest BCUT2D eigenvalue weighted by atomic mass is 9.75. The van der Waals surface area contributed by atoms with Crippen LogP contribution in [-0.2, 0) is 9.59 Å². The van der Waals surface area contributed by atoms with E-state index < -0.39 is 23.6 Å². The summed E-state index contributed by atoms with van der Waals surface area (Å²) < 4.78 is 0. The van der Waals surface area contributed by atoms with Gasteiger partial charge in [-0.05, 0) is 38.5 Å². The SMILES string of the molecule is CCC1CCC(NC(=O)NC(C)C(=O)NC)(C(=O)O)CC1. The molecule has 0 aromatic heterocycles. The highest BCUT2D eigenvalue weighted by molar-refractivity contribution is 5.90. The summed E-state index contributed by atoms with van der Waals surface area (Å²) in [7, 11) is 1.48. The number of carboxylic acids is 1. The second-order valence-electron chi connectivity index (χ2n) is 5.67. The highest BCUT2D eigenvalue weighted by Gasteiger charge is 2.43. The summed E-state index contributed by atoms with van der Waals surface area (Å²) in [6, 6.07) is -1.34. The molecule has 1 atom stereocenters. The summed E-state index contributed by atoms with van der Waals surface area (Å²) in [4.78, 5) is 34.9. The van der Waals surface area contributed by atoms with Crippen LogP contribution in [0.1, 0.15) is 46.0 Å². The number of urea groups is 1. The molecule has 0 spiro atoms. The van der Waals surface area contributed by atoms with Crippen molar-refractivity contribution < 1.29 is 19.5 Å². The standard InChI is InChI=1S/C14H25N3O4/c1-4-10-5-7-14(8-6-10,12(19)20)17-13(21)16-9(2)11(18)15-3/h9-10H,4-8H2,1-3H3,(H,15,18)(H,19,20)(H2,16,17,21). The van der Waals surface area contributed by atoms with Crippen molar-refractivity contribution in [1.82, 2.24) is 16.0 Å². The van der Waals surface area contributed by atoms with Crippen LogP contribution in [0.15, 0.2) is 0 Å². The van der Waals surface area contributed by atoms with Crippen molar-refractivity contribution in [3.8, 4) is 0 Å². The maximum Gasteiger partial charge on any atom is 0.329 e. The number of carboxylic acid groups (broad SMARTS) is 1. The molecule has 1 rings (SSSR count). The van der Waals surface area contributed by atoms with Gasteiger partial charge >= 0.3 is 12.0 Å². The van der Waals surface area contributed by atoms with Crippen molar-refractivity contribution in [3.05, 3.63) is 0 Å². The fourth-order valence-corrected chi connectivity index (χ4v) is 2.70. The third kappa shape index (κ3) is 4.34. The summed E-state index contributed by atoms with van der Waals surface area (Å²) in [5.41, 5.74) is -1.22. The van der Waals surface area contributed by atoms with Gasteiger partial charge in [0.1, 0.15) is 11.6 Å². The molecule has 120 valence electrons. The van der Waals surface area contributed by atoms with Gasteiger partial charge in [-0.3, -0.25) is 4.79 Å². The maximum atomic E-state index is 11.9. The normalized spacial score (nSPS) is 26.5. The summed E-state index contributed by atoms with van der Waals surface area (Å²) in [5, 5.41) is 16.9. The maximum absolute atomic E-state index is 11.9. The number of aliphatic carboxylic acids is 1. The predicted octanol–water partition coefficient (Wildman–Crippen LogP) is 0.844. The molecule has 7 heteroatoms. The smallest absolute Gasteiger partial charge is 0.329 e. The molecule has 3 amide bonds. The molecule has 21 heavy (non-hydrogen) atoms. The fraction of sp³-hybridized carbons (Fsp3) is 0.786. The fourth-order valence-electron chi connectivity index (χ4n) is 2.70. The highest BCUT2D eigenvalue weighted by Crippen LogP contribution is 2.33. The third-order valence-corrected chi connectivity index (χ3v) is 4.29. The molecule has 0 heterocycles. The van der Waals surface area contributed by atoms with Gasteiger partial charge in [0.05, 0.1) is 0 Å². The largest absolute Gasteiger partial charge is 0.480 e. The zero-order valence-corrected chi connectivity index (χ0v) is 12.9. The van der Waals surface area contributed by atoms with Crippen LogP contribution in [0.2, 0.25) is 0 Å². The van der Waals surface area contributed by atoms with Gasteiger partial charge in [0.2, 0.25) is 5.91 Å². The van der Waals surface area contributed by atoms with Crippen molar-refractivity contribution >= 4 is 17.9 Å². The summed E-state index contributed by atoms with van der Waals surface area (Å²) in [5.74, 6) is -0.823. The lowest BCUT2D eigenvalue weighted by Crippen LogP contribution is -2.60. The number of carbonyl (C=O) groups excluding carboxylic acids is 2. The Hall–Kier alpha value is -1.79. The highest BCUT2D eigenvalue weighted by atomic mass is 16.4. The molecule has 0 aliphatic heterocycles. The van der Waals surface area contributed by atoms with Gasteiger partial charge in [-0.25, -0.2) is 9.59 Å². The van der Waals surface area contributed by atoms with E-state index in [-0.39, 0.29) is 5.91 Å². The second-order valence-corrected chi connectivity index (χ2v) is 5.67. The Morgan fingerprint density at radius 2 is 1.86 bits per heavy atom. The van der Waals surface area contributed by atoms with Gasteiger partial charge in [-0.1, -0.05) is 13.3 Å². The van der Waals surface area contributed by atoms with Crippen LogP contribution in [-0.4, -0.2) is 41.6 Å². The molecule has 0 saturated heterocycles. The molecule has 0 aromatic rings. The van der Waals surface area contributed by atoms with Gasteiger partial charge in [0, 0.05) is 7.05 Å². The first-order valence-electron chi connectivity index (χ1n) is 7.38. The van der Waals surface area contributed by atoms with Crippen LogP contribution in [0.3, 0.4) is 0 Å². The number of hydrogen-bond acceptors (Lipinski definition) is 3. The average molecular weight is 299 g/mol. The number of hydrogen-bond donors (Lipinski definition) is 4. The molecule has 1 aliphatic rings. The molecule has 7 nitrogen and oxygen atoms in total. The monoisotopic (exact) mass is 299 g/mol. The van der Waals surface area contributed by atoms with Gasteiger partial charge < -0.3 is 21.1 Å². The summed E-state index contributed by atoms with van der Waals surface area (Å²) >= 11 is 0. The predicted molar refractivity (Wildman–Crippen MR) is 77.8 cm³/mol. The number of likely N-dealkylation sites (N-methyl/N-ethyl adjacent to an activating group) is 1. The zero-order chi connectivity index (χ0) is 16.0. The van der Waals surface area contributed by atoms with Crippen molar-refractivity contribution in [2.75, 3.05) is 7.05 Å². The van der Waals surface area contributed by atoms with Gasteiger partial charge in [0.15, 0.2) is 0 Å². The molecule has 1 aliphatic carbocycles. The summed E-state index contributed by atoms with van der Waals surface area (Å²) in [6.45, 7) is 3.63. The molecule has 1 fully saturated rings. The quantitative estimate of drug-likeness (QED) is 0.603. The molecule has 1 unspecified atom stereocenters. The van der Waals surface area contributed by atoms with Gasteiger partial charge in [0.25, 0.3) is 0 Å². The van der Waals surface area contributed by atoms with Crippen LogP contribution in [0.4, 0.5) is 4.79 Å².